The first-order valence-corrected chi connectivity index (χ1v) is 12.6. The van der Waals surface area contributed by atoms with E-state index in [1.54, 1.807) is 0 Å². The summed E-state index contributed by atoms with van der Waals surface area (Å²) in [6.07, 6.45) is 11.9. The molecule has 2 atom stereocenters. The lowest BCUT2D eigenvalue weighted by molar-refractivity contribution is -0.137. The molecule has 0 amide bonds. The Morgan fingerprint density at radius 2 is 1.90 bits per heavy atom. The number of carbonyl (C=O) groups is 1. The molecule has 2 aliphatic carbocycles. The molecule has 29 heavy (non-hydrogen) atoms. The number of aliphatic carboxylic acids is 1. The van der Waals surface area contributed by atoms with E-state index >= 15 is 0 Å². The first-order valence-electron chi connectivity index (χ1n) is 9.87. The van der Waals surface area contributed by atoms with Crippen LogP contribution in [0.3, 0.4) is 0 Å². The zero-order chi connectivity index (χ0) is 20.9. The van der Waals surface area contributed by atoms with Crippen LogP contribution in [0, 0.1) is 15.4 Å². The summed E-state index contributed by atoms with van der Waals surface area (Å²) in [4.78, 5) is 10.6. The molecule has 0 saturated carbocycles. The number of halogens is 1. The Hall–Kier alpha value is -1.61. The molecule has 5 nitrogen and oxygen atoms in total. The number of rotatable bonds is 11. The molecule has 7 heteroatoms. The second-order valence-corrected chi connectivity index (χ2v) is 10.6. The van der Waals surface area contributed by atoms with Gasteiger partial charge in [0.05, 0.1) is 5.75 Å². The van der Waals surface area contributed by atoms with Crippen molar-refractivity contribution in [3.63, 3.8) is 0 Å². The lowest BCUT2D eigenvalue weighted by Gasteiger charge is -2.17. The van der Waals surface area contributed by atoms with Crippen LogP contribution in [0.2, 0.25) is 0 Å². The maximum Gasteiger partial charge on any atom is 0.303 e. The summed E-state index contributed by atoms with van der Waals surface area (Å²) >= 11 is 2.23. The van der Waals surface area contributed by atoms with Gasteiger partial charge in [-0.15, -0.1) is 0 Å². The van der Waals surface area contributed by atoms with E-state index in [4.69, 9.17) is 5.11 Å². The van der Waals surface area contributed by atoms with Crippen molar-refractivity contribution in [2.24, 2.45) is 11.8 Å². The van der Waals surface area contributed by atoms with E-state index in [2.05, 4.69) is 39.5 Å². The van der Waals surface area contributed by atoms with E-state index in [-0.39, 0.29) is 18.1 Å². The van der Waals surface area contributed by atoms with Gasteiger partial charge in [-0.1, -0.05) is 36.4 Å². The molecule has 2 unspecified atom stereocenters. The highest BCUT2D eigenvalue weighted by Crippen LogP contribution is 2.44. The predicted octanol–water partition coefficient (Wildman–Crippen LogP) is 4.41. The first kappa shape index (κ1) is 22.1. The highest BCUT2D eigenvalue weighted by Gasteiger charge is 2.36. The van der Waals surface area contributed by atoms with Gasteiger partial charge in [0.25, 0.3) is 0 Å². The fourth-order valence-electron chi connectivity index (χ4n) is 3.83. The van der Waals surface area contributed by atoms with Crippen molar-refractivity contribution in [3.8, 4) is 0 Å². The van der Waals surface area contributed by atoms with Crippen molar-refractivity contribution in [3.05, 3.63) is 69.0 Å². The smallest absolute Gasteiger partial charge is 0.303 e. The number of aryl methyl sites for hydroxylation is 1. The zero-order valence-electron chi connectivity index (χ0n) is 16.2. The standard InChI is InChI=1S/C22H26INO4S/c23-19-11-7-16(8-12-19)13-14-29(27,28)24-22-18-10-9-17(15-18)20(22)5-3-1-2-4-6-21(25)26/h1,3,7-12,17-18,24H,2,4-6,13-15H2,(H,25,26). The van der Waals surface area contributed by atoms with Gasteiger partial charge >= 0.3 is 5.97 Å². The number of carboxylic acids is 1. The van der Waals surface area contributed by atoms with E-state index in [9.17, 15) is 13.2 Å². The third-order valence-corrected chi connectivity index (χ3v) is 7.34. The monoisotopic (exact) mass is 527 g/mol. The third-order valence-electron chi connectivity index (χ3n) is 5.35. The van der Waals surface area contributed by atoms with Crippen LogP contribution in [0.5, 0.6) is 0 Å². The van der Waals surface area contributed by atoms with Gasteiger partial charge in [-0.25, -0.2) is 8.42 Å². The van der Waals surface area contributed by atoms with Crippen LogP contribution in [0.15, 0.2) is 59.8 Å². The number of nitrogens with one attached hydrogen (secondary N) is 1. The van der Waals surface area contributed by atoms with Crippen molar-refractivity contribution in [2.75, 3.05) is 5.75 Å². The molecule has 3 rings (SSSR count). The summed E-state index contributed by atoms with van der Waals surface area (Å²) in [6.45, 7) is 0. The molecule has 2 bridgehead atoms. The molecule has 2 N–H and O–H groups in total. The van der Waals surface area contributed by atoms with Crippen molar-refractivity contribution < 1.29 is 18.3 Å². The minimum absolute atomic E-state index is 0.0660. The van der Waals surface area contributed by atoms with Gasteiger partial charge in [0.2, 0.25) is 10.0 Å². The molecule has 156 valence electrons. The topological polar surface area (TPSA) is 83.5 Å². The summed E-state index contributed by atoms with van der Waals surface area (Å²) in [5.74, 6) is -0.251. The Labute approximate surface area is 186 Å². The summed E-state index contributed by atoms with van der Waals surface area (Å²) in [5, 5.41) is 8.68. The van der Waals surface area contributed by atoms with E-state index in [0.717, 1.165) is 33.2 Å². The molecular formula is C22H26INO4S. The van der Waals surface area contributed by atoms with Crippen LogP contribution in [0.4, 0.5) is 0 Å². The Bertz CT molecular complexity index is 932. The highest BCUT2D eigenvalue weighted by molar-refractivity contribution is 14.1. The molecule has 0 aliphatic heterocycles. The fourth-order valence-corrected chi connectivity index (χ4v) is 5.42. The predicted molar refractivity (Wildman–Crippen MR) is 123 cm³/mol. The van der Waals surface area contributed by atoms with Crippen LogP contribution in [0.25, 0.3) is 0 Å². The number of carboxylic acid groups (broad SMARTS) is 1. The molecule has 0 spiro atoms. The molecule has 0 saturated heterocycles. The van der Waals surface area contributed by atoms with Crippen molar-refractivity contribution in [1.29, 1.82) is 0 Å². The van der Waals surface area contributed by atoms with Gasteiger partial charge in [0.15, 0.2) is 0 Å². The van der Waals surface area contributed by atoms with Crippen LogP contribution < -0.4 is 4.72 Å². The first-order chi connectivity index (χ1) is 13.8. The minimum Gasteiger partial charge on any atom is -0.481 e. The Balaban J connectivity index is 1.59. The number of unbranched alkanes of at least 4 members (excludes halogenated alkanes) is 1. The number of hydrogen-bond donors (Lipinski definition) is 2. The average molecular weight is 527 g/mol. The second kappa shape index (κ2) is 9.93. The van der Waals surface area contributed by atoms with E-state index in [0.29, 0.717) is 25.2 Å². The third kappa shape index (κ3) is 6.44. The fraction of sp³-hybridized carbons (Fsp3) is 0.409. The summed E-state index contributed by atoms with van der Waals surface area (Å²) < 4.78 is 29.4. The quantitative estimate of drug-likeness (QED) is 0.254. The number of benzene rings is 1. The lowest BCUT2D eigenvalue weighted by Crippen LogP contribution is -2.29. The minimum atomic E-state index is -3.41. The molecule has 0 heterocycles. The van der Waals surface area contributed by atoms with Gasteiger partial charge in [-0.3, -0.25) is 9.52 Å². The zero-order valence-corrected chi connectivity index (χ0v) is 19.2. The lowest BCUT2D eigenvalue weighted by atomic mass is 9.98. The van der Waals surface area contributed by atoms with Crippen LogP contribution in [-0.2, 0) is 21.2 Å². The van der Waals surface area contributed by atoms with Crippen LogP contribution >= 0.6 is 22.6 Å². The van der Waals surface area contributed by atoms with Crippen LogP contribution in [0.1, 0.15) is 37.7 Å². The Kier molecular flexibility index (Phi) is 7.56. The second-order valence-electron chi connectivity index (χ2n) is 7.53. The van der Waals surface area contributed by atoms with Crippen molar-refractivity contribution >= 4 is 38.6 Å². The highest BCUT2D eigenvalue weighted by atomic mass is 127. The molecule has 1 aromatic carbocycles. The maximum absolute atomic E-state index is 12.7. The molecule has 0 aromatic heterocycles. The largest absolute Gasteiger partial charge is 0.481 e. The molecule has 0 radical (unpaired) electrons. The summed E-state index contributed by atoms with van der Waals surface area (Å²) in [5.41, 5.74) is 3.00. The van der Waals surface area contributed by atoms with Gasteiger partial charge in [0.1, 0.15) is 0 Å². The average Bonchev–Trinajstić information content (AvgIpc) is 3.26. The van der Waals surface area contributed by atoms with Gasteiger partial charge < -0.3 is 5.11 Å². The Morgan fingerprint density at radius 3 is 2.62 bits per heavy atom. The molecule has 1 aromatic rings. The normalized spacial score (nSPS) is 20.7. The number of hydrogen-bond acceptors (Lipinski definition) is 3. The van der Waals surface area contributed by atoms with E-state index in [1.165, 1.54) is 0 Å². The number of fused-ring (bicyclic) bond motifs is 2. The van der Waals surface area contributed by atoms with Crippen molar-refractivity contribution in [2.45, 2.75) is 38.5 Å². The molecule has 2 aliphatic rings. The Morgan fingerprint density at radius 1 is 1.17 bits per heavy atom. The molecule has 0 fully saturated rings. The van der Waals surface area contributed by atoms with Gasteiger partial charge in [0, 0.05) is 27.5 Å². The van der Waals surface area contributed by atoms with Gasteiger partial charge in [-0.2, -0.15) is 0 Å². The van der Waals surface area contributed by atoms with Gasteiger partial charge in [-0.05, 0) is 78.0 Å². The summed E-state index contributed by atoms with van der Waals surface area (Å²) in [7, 11) is -3.41. The van der Waals surface area contributed by atoms with E-state index in [1.807, 2.05) is 36.4 Å². The maximum atomic E-state index is 12.7. The van der Waals surface area contributed by atoms with Crippen LogP contribution in [-0.4, -0.2) is 25.2 Å². The number of sulfonamides is 1. The van der Waals surface area contributed by atoms with Crippen molar-refractivity contribution in [1.82, 2.24) is 4.72 Å². The number of allylic oxidation sites excluding steroid dienone is 5. The van der Waals surface area contributed by atoms with E-state index < -0.39 is 16.0 Å². The SMILES string of the molecule is O=C(O)CCCC=CCC1=C(NS(=O)(=O)CCc2ccc(I)cc2)C2C=CC1C2. The summed E-state index contributed by atoms with van der Waals surface area (Å²) in [6, 6.07) is 7.91. The molecular weight excluding hydrogens is 501 g/mol.